The van der Waals surface area contributed by atoms with Gasteiger partial charge in [0.2, 0.25) is 5.91 Å². The van der Waals surface area contributed by atoms with Gasteiger partial charge in [-0.3, -0.25) is 4.79 Å². The number of hydrogen-bond donors (Lipinski definition) is 1. The van der Waals surface area contributed by atoms with Crippen molar-refractivity contribution in [2.75, 3.05) is 5.73 Å². The molecule has 0 bridgehead atoms. The Bertz CT molecular complexity index is 648. The maximum atomic E-state index is 12.6. The highest BCUT2D eigenvalue weighted by Gasteiger charge is 2.32. The smallest absolute Gasteiger partial charge is 0.227 e. The summed E-state index contributed by atoms with van der Waals surface area (Å²) in [7, 11) is 0. The van der Waals surface area contributed by atoms with E-state index >= 15 is 0 Å². The van der Waals surface area contributed by atoms with Gasteiger partial charge in [0.05, 0.1) is 6.42 Å². The van der Waals surface area contributed by atoms with Crippen molar-refractivity contribution in [2.45, 2.75) is 31.8 Å². The summed E-state index contributed by atoms with van der Waals surface area (Å²) in [6.07, 6.45) is 2.62. The number of nitrogens with zero attached hydrogens (tertiary/aromatic N) is 1. The molecule has 1 amide bonds. The first-order valence-electron chi connectivity index (χ1n) is 7.50. The normalized spacial score (nSPS) is 13.9. The average molecular weight is 315 g/mol. The third-order valence-corrected chi connectivity index (χ3v) is 4.16. The lowest BCUT2D eigenvalue weighted by atomic mass is 10.1. The van der Waals surface area contributed by atoms with Gasteiger partial charge in [-0.25, -0.2) is 0 Å². The molecule has 3 nitrogen and oxygen atoms in total. The highest BCUT2D eigenvalue weighted by molar-refractivity contribution is 6.30. The van der Waals surface area contributed by atoms with Gasteiger partial charge in [-0.05, 0) is 48.2 Å². The molecule has 0 radical (unpaired) electrons. The Kier molecular flexibility index (Phi) is 4.34. The van der Waals surface area contributed by atoms with Crippen LogP contribution >= 0.6 is 11.6 Å². The molecule has 0 saturated heterocycles. The zero-order valence-corrected chi connectivity index (χ0v) is 13.1. The van der Waals surface area contributed by atoms with E-state index in [1.165, 1.54) is 0 Å². The molecule has 0 atom stereocenters. The molecule has 1 aliphatic carbocycles. The van der Waals surface area contributed by atoms with Crippen molar-refractivity contribution in [3.05, 3.63) is 64.7 Å². The summed E-state index contributed by atoms with van der Waals surface area (Å²) in [5, 5.41) is 0.718. The Morgan fingerprint density at radius 1 is 1.05 bits per heavy atom. The first kappa shape index (κ1) is 14.9. The lowest BCUT2D eigenvalue weighted by Gasteiger charge is -2.23. The summed E-state index contributed by atoms with van der Waals surface area (Å²) in [4.78, 5) is 14.6. The molecule has 0 unspecified atom stereocenters. The Labute approximate surface area is 135 Å². The van der Waals surface area contributed by atoms with E-state index in [1.54, 1.807) is 0 Å². The van der Waals surface area contributed by atoms with Gasteiger partial charge in [-0.1, -0.05) is 35.9 Å². The molecule has 0 aliphatic heterocycles. The van der Waals surface area contributed by atoms with Gasteiger partial charge >= 0.3 is 0 Å². The van der Waals surface area contributed by atoms with E-state index in [-0.39, 0.29) is 5.91 Å². The molecule has 0 heterocycles. The molecule has 2 aromatic carbocycles. The number of nitrogen functional groups attached to an aromatic ring is 1. The van der Waals surface area contributed by atoms with Gasteiger partial charge in [-0.2, -0.15) is 0 Å². The van der Waals surface area contributed by atoms with Crippen LogP contribution in [0, 0.1) is 0 Å². The average Bonchev–Trinajstić information content (AvgIpc) is 3.33. The summed E-state index contributed by atoms with van der Waals surface area (Å²) >= 11 is 5.91. The number of carbonyl (C=O) groups is 1. The highest BCUT2D eigenvalue weighted by atomic mass is 35.5. The van der Waals surface area contributed by atoms with Gasteiger partial charge in [0.15, 0.2) is 0 Å². The molecular weight excluding hydrogens is 296 g/mol. The van der Waals surface area contributed by atoms with Crippen molar-refractivity contribution in [1.29, 1.82) is 0 Å². The van der Waals surface area contributed by atoms with Crippen LogP contribution in [0.1, 0.15) is 24.0 Å². The SMILES string of the molecule is Nc1ccc(CC(=O)N(Cc2ccc(Cl)cc2)C2CC2)cc1. The Hall–Kier alpha value is -2.00. The van der Waals surface area contributed by atoms with E-state index < -0.39 is 0 Å². The third-order valence-electron chi connectivity index (χ3n) is 3.91. The van der Waals surface area contributed by atoms with Crippen LogP contribution in [0.4, 0.5) is 5.69 Å². The molecule has 114 valence electrons. The van der Waals surface area contributed by atoms with Crippen molar-refractivity contribution >= 4 is 23.2 Å². The van der Waals surface area contributed by atoms with E-state index in [0.29, 0.717) is 19.0 Å². The van der Waals surface area contributed by atoms with Crippen LogP contribution in [0.15, 0.2) is 48.5 Å². The summed E-state index contributed by atoms with van der Waals surface area (Å²) in [5.41, 5.74) is 8.52. The first-order valence-corrected chi connectivity index (χ1v) is 7.88. The van der Waals surface area contributed by atoms with E-state index in [9.17, 15) is 4.79 Å². The lowest BCUT2D eigenvalue weighted by molar-refractivity contribution is -0.131. The van der Waals surface area contributed by atoms with Gasteiger partial charge in [0, 0.05) is 23.3 Å². The van der Waals surface area contributed by atoms with Gasteiger partial charge in [-0.15, -0.1) is 0 Å². The molecular formula is C18H19ClN2O. The highest BCUT2D eigenvalue weighted by Crippen LogP contribution is 2.29. The summed E-state index contributed by atoms with van der Waals surface area (Å²) in [5.74, 6) is 0.169. The molecule has 1 aliphatic rings. The van der Waals surface area contributed by atoms with Gasteiger partial charge < -0.3 is 10.6 Å². The zero-order valence-electron chi connectivity index (χ0n) is 12.3. The van der Waals surface area contributed by atoms with Crippen LogP contribution in [0.5, 0.6) is 0 Å². The van der Waals surface area contributed by atoms with Crippen molar-refractivity contribution < 1.29 is 4.79 Å². The second kappa shape index (κ2) is 6.41. The van der Waals surface area contributed by atoms with Crippen LogP contribution in [0.2, 0.25) is 5.02 Å². The number of hydrogen-bond acceptors (Lipinski definition) is 2. The van der Waals surface area contributed by atoms with Crippen molar-refractivity contribution in [2.24, 2.45) is 0 Å². The minimum Gasteiger partial charge on any atom is -0.399 e. The largest absolute Gasteiger partial charge is 0.399 e. The molecule has 22 heavy (non-hydrogen) atoms. The minimum atomic E-state index is 0.169. The van der Waals surface area contributed by atoms with Gasteiger partial charge in [0.1, 0.15) is 0 Å². The Balaban J connectivity index is 1.69. The number of nitrogens with two attached hydrogens (primary N) is 1. The van der Waals surface area contributed by atoms with Crippen molar-refractivity contribution in [1.82, 2.24) is 4.90 Å². The second-order valence-electron chi connectivity index (χ2n) is 5.80. The predicted molar refractivity (Wildman–Crippen MR) is 89.6 cm³/mol. The molecule has 0 spiro atoms. The maximum Gasteiger partial charge on any atom is 0.227 e. The van der Waals surface area contributed by atoms with Crippen molar-refractivity contribution in [3.8, 4) is 0 Å². The fraction of sp³-hybridized carbons (Fsp3) is 0.278. The molecule has 1 saturated carbocycles. The number of benzene rings is 2. The van der Waals surface area contributed by atoms with E-state index in [1.807, 2.05) is 53.4 Å². The fourth-order valence-corrected chi connectivity index (χ4v) is 2.63. The van der Waals surface area contributed by atoms with Crippen LogP contribution in [-0.4, -0.2) is 16.8 Å². The van der Waals surface area contributed by atoms with Crippen LogP contribution in [0.25, 0.3) is 0 Å². The number of halogens is 1. The Morgan fingerprint density at radius 2 is 1.64 bits per heavy atom. The third kappa shape index (κ3) is 3.80. The van der Waals surface area contributed by atoms with Crippen LogP contribution in [-0.2, 0) is 17.8 Å². The maximum absolute atomic E-state index is 12.6. The Morgan fingerprint density at radius 3 is 2.23 bits per heavy atom. The molecule has 2 aromatic rings. The summed E-state index contributed by atoms with van der Waals surface area (Å²) < 4.78 is 0. The van der Waals surface area contributed by atoms with Crippen LogP contribution < -0.4 is 5.73 Å². The lowest BCUT2D eigenvalue weighted by Crippen LogP contribution is -2.33. The van der Waals surface area contributed by atoms with E-state index in [4.69, 9.17) is 17.3 Å². The number of amides is 1. The summed E-state index contributed by atoms with van der Waals surface area (Å²) in [6, 6.07) is 15.6. The standard InChI is InChI=1S/C18H19ClN2O/c19-15-5-1-14(2-6-15)12-21(17-9-10-17)18(22)11-13-3-7-16(20)8-4-13/h1-8,17H,9-12,20H2. The minimum absolute atomic E-state index is 0.169. The second-order valence-corrected chi connectivity index (χ2v) is 6.23. The van der Waals surface area contributed by atoms with Gasteiger partial charge in [0.25, 0.3) is 0 Å². The molecule has 2 N–H and O–H groups in total. The van der Waals surface area contributed by atoms with E-state index in [0.717, 1.165) is 34.7 Å². The molecule has 1 fully saturated rings. The van der Waals surface area contributed by atoms with E-state index in [2.05, 4.69) is 0 Å². The molecule has 3 rings (SSSR count). The zero-order chi connectivity index (χ0) is 15.5. The first-order chi connectivity index (χ1) is 10.6. The number of carbonyl (C=O) groups excluding carboxylic acids is 1. The number of anilines is 1. The fourth-order valence-electron chi connectivity index (χ4n) is 2.51. The summed E-state index contributed by atoms with van der Waals surface area (Å²) in [6.45, 7) is 0.648. The van der Waals surface area contributed by atoms with Crippen molar-refractivity contribution in [3.63, 3.8) is 0 Å². The molecule has 4 heteroatoms. The quantitative estimate of drug-likeness (QED) is 0.856. The van der Waals surface area contributed by atoms with Crippen LogP contribution in [0.3, 0.4) is 0 Å². The topological polar surface area (TPSA) is 46.3 Å². The number of rotatable bonds is 5. The monoisotopic (exact) mass is 314 g/mol. The predicted octanol–water partition coefficient (Wildman–Crippen LogP) is 3.66. The molecule has 0 aromatic heterocycles.